The highest BCUT2D eigenvalue weighted by Gasteiger charge is 2.54. The third-order valence-electron chi connectivity index (χ3n) is 7.71. The van der Waals surface area contributed by atoms with Crippen molar-refractivity contribution in [2.24, 2.45) is 16.8 Å². The number of fused-ring (bicyclic) bond motifs is 5. The number of aliphatic imine (C=N–C) groups is 1. The van der Waals surface area contributed by atoms with E-state index in [1.807, 2.05) is 18.2 Å². The van der Waals surface area contributed by atoms with Crippen molar-refractivity contribution in [2.45, 2.75) is 37.8 Å². The van der Waals surface area contributed by atoms with E-state index in [1.165, 1.54) is 13.4 Å². The van der Waals surface area contributed by atoms with Crippen LogP contribution in [0.3, 0.4) is 0 Å². The summed E-state index contributed by atoms with van der Waals surface area (Å²) in [6, 6.07) is 5.49. The van der Waals surface area contributed by atoms with Crippen LogP contribution in [0.1, 0.15) is 31.7 Å². The van der Waals surface area contributed by atoms with E-state index in [0.717, 1.165) is 24.1 Å². The molecule has 0 amide bonds. The highest BCUT2D eigenvalue weighted by atomic mass is 16.5. The number of methoxy groups -OCH3 is 2. The number of hydrogen-bond donors (Lipinski definition) is 2. The van der Waals surface area contributed by atoms with Crippen LogP contribution in [0.4, 0.5) is 5.69 Å². The smallest absolute Gasteiger partial charge is 0.334 e. The monoisotopic (exact) mass is 466 g/mol. The van der Waals surface area contributed by atoms with Crippen molar-refractivity contribution in [3.05, 3.63) is 48.1 Å². The Morgan fingerprint density at radius 3 is 2.82 bits per heavy atom. The Labute approximate surface area is 198 Å². The van der Waals surface area contributed by atoms with Crippen LogP contribution < -0.4 is 4.74 Å². The van der Waals surface area contributed by atoms with Gasteiger partial charge in [-0.1, -0.05) is 13.3 Å². The van der Waals surface area contributed by atoms with E-state index in [0.29, 0.717) is 42.1 Å². The van der Waals surface area contributed by atoms with Gasteiger partial charge in [0.1, 0.15) is 11.4 Å². The molecule has 5 rings (SSSR count). The molecule has 1 aromatic carbocycles. The molecule has 2 fully saturated rings. The Bertz CT molecular complexity index is 1150. The second kappa shape index (κ2) is 8.60. The molecule has 0 aliphatic carbocycles. The third kappa shape index (κ3) is 3.35. The third-order valence-corrected chi connectivity index (χ3v) is 7.71. The molecular weight excluding hydrogens is 436 g/mol. The first-order chi connectivity index (χ1) is 16.4. The van der Waals surface area contributed by atoms with Gasteiger partial charge in [-0.05, 0) is 42.9 Å². The first-order valence-corrected chi connectivity index (χ1v) is 11.7. The minimum atomic E-state index is -1.26. The number of piperidine rings is 2. The molecule has 3 aliphatic rings. The molecule has 2 N–H and O–H groups in total. The fourth-order valence-electron chi connectivity index (χ4n) is 6.05. The van der Waals surface area contributed by atoms with Gasteiger partial charge in [0, 0.05) is 24.2 Å². The molecule has 8 nitrogen and oxygen atoms in total. The normalized spacial score (nSPS) is 28.5. The molecule has 180 valence electrons. The van der Waals surface area contributed by atoms with Crippen molar-refractivity contribution in [1.29, 1.82) is 0 Å². The lowest BCUT2D eigenvalue weighted by Crippen LogP contribution is -2.60. The Hall–Kier alpha value is -3.10. The van der Waals surface area contributed by atoms with Crippen LogP contribution in [0, 0.1) is 11.8 Å². The Kier molecular flexibility index (Phi) is 5.73. The van der Waals surface area contributed by atoms with Gasteiger partial charge in [-0.2, -0.15) is 0 Å². The van der Waals surface area contributed by atoms with Crippen molar-refractivity contribution in [1.82, 2.24) is 4.90 Å². The molecule has 2 aromatic rings. The van der Waals surface area contributed by atoms with Crippen molar-refractivity contribution in [3.8, 4) is 16.9 Å². The summed E-state index contributed by atoms with van der Waals surface area (Å²) in [6.45, 7) is 3.53. The zero-order valence-electron chi connectivity index (χ0n) is 19.7. The maximum absolute atomic E-state index is 12.1. The zero-order chi connectivity index (χ0) is 24.0. The van der Waals surface area contributed by atoms with Gasteiger partial charge in [0.15, 0.2) is 0 Å². The summed E-state index contributed by atoms with van der Waals surface area (Å²) in [4.78, 5) is 19.5. The van der Waals surface area contributed by atoms with Gasteiger partial charge in [0.2, 0.25) is 0 Å². The van der Waals surface area contributed by atoms with Crippen molar-refractivity contribution < 1.29 is 28.9 Å². The summed E-state index contributed by atoms with van der Waals surface area (Å²) in [7, 11) is 3.07. The molecule has 0 saturated carbocycles. The first kappa shape index (κ1) is 22.7. The van der Waals surface area contributed by atoms with E-state index in [4.69, 9.17) is 18.9 Å². The number of carbonyl (C=O) groups is 1. The van der Waals surface area contributed by atoms with Gasteiger partial charge in [-0.3, -0.25) is 9.89 Å². The minimum absolute atomic E-state index is 0.180. The van der Waals surface area contributed by atoms with E-state index in [1.54, 1.807) is 19.6 Å². The van der Waals surface area contributed by atoms with Crippen LogP contribution in [0.25, 0.3) is 11.1 Å². The second-order valence-corrected chi connectivity index (χ2v) is 9.29. The van der Waals surface area contributed by atoms with Crippen LogP contribution in [-0.4, -0.2) is 60.1 Å². The minimum Gasteiger partial charge on any atom is -0.504 e. The lowest BCUT2D eigenvalue weighted by atomic mass is 9.70. The molecule has 0 spiro atoms. The fraction of sp³-hybridized carbons (Fsp3) is 0.462. The van der Waals surface area contributed by atoms with Gasteiger partial charge < -0.3 is 24.1 Å². The van der Waals surface area contributed by atoms with Crippen molar-refractivity contribution >= 4 is 17.4 Å². The lowest BCUT2D eigenvalue weighted by Gasteiger charge is -2.50. The zero-order valence-corrected chi connectivity index (χ0v) is 19.7. The molecule has 4 heterocycles. The number of benzene rings is 1. The van der Waals surface area contributed by atoms with Gasteiger partial charge in [-0.15, -0.1) is 0 Å². The number of carboxylic acid groups (broad SMARTS) is 1. The van der Waals surface area contributed by atoms with Crippen molar-refractivity contribution in [3.63, 3.8) is 0 Å². The van der Waals surface area contributed by atoms with Gasteiger partial charge in [-0.25, -0.2) is 4.79 Å². The Morgan fingerprint density at radius 1 is 1.35 bits per heavy atom. The highest BCUT2D eigenvalue weighted by Crippen LogP contribution is 2.54. The van der Waals surface area contributed by atoms with Gasteiger partial charge in [0.05, 0.1) is 61.6 Å². The molecular formula is C26H30N2O6. The average Bonchev–Trinajstić information content (AvgIpc) is 3.48. The summed E-state index contributed by atoms with van der Waals surface area (Å²) in [5.74, 6) is -0.389. The summed E-state index contributed by atoms with van der Waals surface area (Å²) < 4.78 is 16.1. The quantitative estimate of drug-likeness (QED) is 0.490. The van der Waals surface area contributed by atoms with E-state index in [-0.39, 0.29) is 23.5 Å². The van der Waals surface area contributed by atoms with Crippen LogP contribution >= 0.6 is 0 Å². The van der Waals surface area contributed by atoms with E-state index in [2.05, 4.69) is 11.8 Å². The van der Waals surface area contributed by atoms with Gasteiger partial charge in [0.25, 0.3) is 0 Å². The SMILES string of the molecule is CC[C@@H]1CN2CC[C@@]3(O)C(=Nc4c(-c5ccoc5)ccc(OC)c43)C2C[C@@H]1/C(=C\OC)C(=O)O. The molecule has 1 aromatic heterocycles. The molecule has 8 heteroatoms. The second-order valence-electron chi connectivity index (χ2n) is 9.29. The van der Waals surface area contributed by atoms with E-state index >= 15 is 0 Å². The summed E-state index contributed by atoms with van der Waals surface area (Å²) in [6.07, 6.45) is 6.55. The number of ether oxygens (including phenoxy) is 2. The number of rotatable bonds is 6. The van der Waals surface area contributed by atoms with E-state index in [9.17, 15) is 15.0 Å². The Balaban J connectivity index is 1.61. The number of nitrogens with zero attached hydrogens (tertiary/aromatic N) is 2. The summed E-state index contributed by atoms with van der Waals surface area (Å²) in [5.41, 5.74) is 2.81. The largest absolute Gasteiger partial charge is 0.504 e. The first-order valence-electron chi connectivity index (χ1n) is 11.7. The maximum atomic E-state index is 12.1. The van der Waals surface area contributed by atoms with Crippen LogP contribution in [0.15, 0.2) is 52.0 Å². The number of aliphatic hydroxyl groups is 1. The molecule has 3 aliphatic heterocycles. The molecule has 4 atom stereocenters. The molecule has 1 unspecified atom stereocenters. The van der Waals surface area contributed by atoms with Gasteiger partial charge >= 0.3 is 5.97 Å². The topological polar surface area (TPSA) is 105 Å². The molecule has 0 bridgehead atoms. The number of carboxylic acids is 1. The summed E-state index contributed by atoms with van der Waals surface area (Å²) in [5, 5.41) is 22.0. The van der Waals surface area contributed by atoms with Crippen LogP contribution in [-0.2, 0) is 15.1 Å². The van der Waals surface area contributed by atoms with Crippen LogP contribution in [0.5, 0.6) is 5.75 Å². The Morgan fingerprint density at radius 2 is 2.18 bits per heavy atom. The number of hydrogen-bond acceptors (Lipinski definition) is 7. The summed E-state index contributed by atoms with van der Waals surface area (Å²) >= 11 is 0. The van der Waals surface area contributed by atoms with E-state index < -0.39 is 11.6 Å². The van der Waals surface area contributed by atoms with Crippen LogP contribution in [0.2, 0.25) is 0 Å². The molecule has 34 heavy (non-hydrogen) atoms. The standard InChI is InChI=1S/C26H30N2O6/c1-4-15-12-28-9-8-26(31)22-21(33-3)6-5-17(16-7-10-34-13-16)23(22)27-24(26)20(28)11-18(15)19(14-32-2)25(29)30/h5-7,10,13-15,18,20,31H,4,8-9,11-12H2,1-3H3,(H,29,30)/b19-14+/t15-,18+,20?,26+/m1/s1. The molecule has 0 radical (unpaired) electrons. The predicted molar refractivity (Wildman–Crippen MR) is 126 cm³/mol. The highest BCUT2D eigenvalue weighted by molar-refractivity contribution is 6.07. The lowest BCUT2D eigenvalue weighted by molar-refractivity contribution is -0.134. The predicted octanol–water partition coefficient (Wildman–Crippen LogP) is 3.96. The number of aliphatic carboxylic acids is 1. The molecule has 2 saturated heterocycles. The number of furan rings is 1. The van der Waals surface area contributed by atoms with Crippen molar-refractivity contribution in [2.75, 3.05) is 27.3 Å². The fourth-order valence-corrected chi connectivity index (χ4v) is 6.05. The average molecular weight is 467 g/mol. The maximum Gasteiger partial charge on any atom is 0.334 e.